The SMILES string of the molecule is Cc1csc(CC(N)c2ccc(Br)c(Cl)c2)n1. The summed E-state index contributed by atoms with van der Waals surface area (Å²) in [6.07, 6.45) is 0.746. The number of hydrogen-bond acceptors (Lipinski definition) is 3. The zero-order valence-electron chi connectivity index (χ0n) is 9.28. The monoisotopic (exact) mass is 330 g/mol. The molecule has 2 rings (SSSR count). The van der Waals surface area contributed by atoms with Gasteiger partial charge < -0.3 is 5.73 Å². The van der Waals surface area contributed by atoms with Gasteiger partial charge in [-0.2, -0.15) is 0 Å². The van der Waals surface area contributed by atoms with Gasteiger partial charge in [-0.25, -0.2) is 4.98 Å². The van der Waals surface area contributed by atoms with Crippen LogP contribution in [0.25, 0.3) is 0 Å². The van der Waals surface area contributed by atoms with Gasteiger partial charge in [-0.15, -0.1) is 11.3 Å². The van der Waals surface area contributed by atoms with Crippen molar-refractivity contribution >= 4 is 38.9 Å². The number of nitrogens with zero attached hydrogens (tertiary/aromatic N) is 1. The highest BCUT2D eigenvalue weighted by Gasteiger charge is 2.11. The largest absolute Gasteiger partial charge is 0.324 e. The van der Waals surface area contributed by atoms with Gasteiger partial charge in [-0.1, -0.05) is 17.7 Å². The van der Waals surface area contributed by atoms with Gasteiger partial charge in [-0.3, -0.25) is 0 Å². The predicted molar refractivity (Wildman–Crippen MR) is 76.6 cm³/mol. The lowest BCUT2D eigenvalue weighted by Crippen LogP contribution is -2.13. The average Bonchev–Trinajstić information content (AvgIpc) is 2.68. The molecule has 0 saturated carbocycles. The second-order valence-electron chi connectivity index (χ2n) is 3.87. The Bertz CT molecular complexity index is 527. The molecular weight excluding hydrogens is 320 g/mol. The van der Waals surface area contributed by atoms with Gasteiger partial charge in [0.05, 0.1) is 10.0 Å². The number of rotatable bonds is 3. The molecule has 0 fully saturated rings. The van der Waals surface area contributed by atoms with E-state index in [1.807, 2.05) is 30.5 Å². The number of halogens is 2. The molecule has 90 valence electrons. The molecule has 0 radical (unpaired) electrons. The second kappa shape index (κ2) is 5.48. The fourth-order valence-electron chi connectivity index (χ4n) is 1.55. The highest BCUT2D eigenvalue weighted by atomic mass is 79.9. The van der Waals surface area contributed by atoms with E-state index in [0.717, 1.165) is 27.2 Å². The highest BCUT2D eigenvalue weighted by molar-refractivity contribution is 9.10. The van der Waals surface area contributed by atoms with Gasteiger partial charge in [0.1, 0.15) is 0 Å². The van der Waals surface area contributed by atoms with Gasteiger partial charge in [0.2, 0.25) is 0 Å². The maximum atomic E-state index is 6.15. The Balaban J connectivity index is 2.14. The van der Waals surface area contributed by atoms with Crippen LogP contribution in [-0.2, 0) is 6.42 Å². The summed E-state index contributed by atoms with van der Waals surface area (Å²) < 4.78 is 0.889. The van der Waals surface area contributed by atoms with E-state index in [-0.39, 0.29) is 6.04 Å². The Morgan fingerprint density at radius 3 is 2.88 bits per heavy atom. The van der Waals surface area contributed by atoms with E-state index in [2.05, 4.69) is 20.9 Å². The van der Waals surface area contributed by atoms with E-state index in [0.29, 0.717) is 5.02 Å². The Labute approximate surface area is 118 Å². The zero-order valence-corrected chi connectivity index (χ0v) is 12.4. The van der Waals surface area contributed by atoms with Crippen LogP contribution in [0.1, 0.15) is 22.3 Å². The molecule has 1 aromatic heterocycles. The fourth-order valence-corrected chi connectivity index (χ4v) is 2.81. The molecule has 0 saturated heterocycles. The summed E-state index contributed by atoms with van der Waals surface area (Å²) in [6.45, 7) is 1.99. The van der Waals surface area contributed by atoms with Crippen molar-refractivity contribution < 1.29 is 0 Å². The molecule has 1 aromatic carbocycles. The van der Waals surface area contributed by atoms with Gasteiger partial charge in [0, 0.05) is 28.0 Å². The van der Waals surface area contributed by atoms with Crippen LogP contribution < -0.4 is 5.73 Å². The number of hydrogen-bond donors (Lipinski definition) is 1. The Morgan fingerprint density at radius 1 is 1.53 bits per heavy atom. The van der Waals surface area contributed by atoms with E-state index in [1.54, 1.807) is 11.3 Å². The van der Waals surface area contributed by atoms with Crippen molar-refractivity contribution in [3.63, 3.8) is 0 Å². The molecule has 1 atom stereocenters. The van der Waals surface area contributed by atoms with Crippen molar-refractivity contribution in [2.75, 3.05) is 0 Å². The Hall–Kier alpha value is -0.420. The molecule has 17 heavy (non-hydrogen) atoms. The predicted octanol–water partition coefficient (Wildman–Crippen LogP) is 4.11. The molecule has 1 heterocycles. The fraction of sp³-hybridized carbons (Fsp3) is 0.250. The smallest absolute Gasteiger partial charge is 0.0947 e. The van der Waals surface area contributed by atoms with Crippen molar-refractivity contribution in [1.82, 2.24) is 4.98 Å². The van der Waals surface area contributed by atoms with Gasteiger partial charge in [-0.05, 0) is 40.5 Å². The third-order valence-corrected chi connectivity index (χ3v) is 4.65. The molecule has 0 spiro atoms. The van der Waals surface area contributed by atoms with E-state index in [1.165, 1.54) is 0 Å². The normalized spacial score (nSPS) is 12.7. The number of aryl methyl sites for hydroxylation is 1. The molecule has 2 N–H and O–H groups in total. The summed E-state index contributed by atoms with van der Waals surface area (Å²) in [5.41, 5.74) is 8.23. The van der Waals surface area contributed by atoms with E-state index >= 15 is 0 Å². The standard InChI is InChI=1S/C12H12BrClN2S/c1-7-6-17-12(16-7)5-11(15)8-2-3-9(13)10(14)4-8/h2-4,6,11H,5,15H2,1H3. The summed E-state index contributed by atoms with van der Waals surface area (Å²) >= 11 is 11.1. The molecule has 0 amide bonds. The Morgan fingerprint density at radius 2 is 2.29 bits per heavy atom. The van der Waals surface area contributed by atoms with E-state index < -0.39 is 0 Å². The molecule has 5 heteroatoms. The van der Waals surface area contributed by atoms with Crippen LogP contribution in [0.2, 0.25) is 5.02 Å². The van der Waals surface area contributed by atoms with Crippen molar-refractivity contribution in [3.05, 3.63) is 49.3 Å². The molecule has 0 bridgehead atoms. The summed E-state index contributed by atoms with van der Waals surface area (Å²) in [5, 5.41) is 3.79. The first-order valence-electron chi connectivity index (χ1n) is 5.18. The zero-order chi connectivity index (χ0) is 12.4. The lowest BCUT2D eigenvalue weighted by atomic mass is 10.1. The molecule has 0 aliphatic carbocycles. The molecule has 0 aliphatic rings. The Kier molecular flexibility index (Phi) is 4.20. The third kappa shape index (κ3) is 3.28. The molecule has 2 nitrogen and oxygen atoms in total. The number of thiazole rings is 1. The number of nitrogens with two attached hydrogens (primary N) is 1. The van der Waals surface area contributed by atoms with Crippen molar-refractivity contribution in [2.45, 2.75) is 19.4 Å². The first kappa shape index (κ1) is 13.0. The van der Waals surface area contributed by atoms with Gasteiger partial charge in [0.15, 0.2) is 0 Å². The number of aromatic nitrogens is 1. The van der Waals surface area contributed by atoms with Crippen LogP contribution in [0.5, 0.6) is 0 Å². The second-order valence-corrected chi connectivity index (χ2v) is 6.07. The van der Waals surface area contributed by atoms with Crippen LogP contribution in [0.15, 0.2) is 28.1 Å². The molecule has 1 unspecified atom stereocenters. The topological polar surface area (TPSA) is 38.9 Å². The van der Waals surface area contributed by atoms with E-state index in [9.17, 15) is 0 Å². The lowest BCUT2D eigenvalue weighted by Gasteiger charge is -2.11. The van der Waals surface area contributed by atoms with Crippen LogP contribution in [0, 0.1) is 6.92 Å². The van der Waals surface area contributed by atoms with Gasteiger partial charge >= 0.3 is 0 Å². The minimum Gasteiger partial charge on any atom is -0.324 e. The first-order valence-corrected chi connectivity index (χ1v) is 7.23. The van der Waals surface area contributed by atoms with Crippen molar-refractivity contribution in [3.8, 4) is 0 Å². The summed E-state index contributed by atoms with van der Waals surface area (Å²) in [5.74, 6) is 0. The molecule has 2 aromatic rings. The minimum absolute atomic E-state index is 0.0638. The van der Waals surface area contributed by atoms with Crippen molar-refractivity contribution in [2.24, 2.45) is 5.73 Å². The molecular formula is C12H12BrClN2S. The summed E-state index contributed by atoms with van der Waals surface area (Å²) in [6, 6.07) is 5.74. The third-order valence-electron chi connectivity index (χ3n) is 2.43. The maximum Gasteiger partial charge on any atom is 0.0947 e. The first-order chi connectivity index (χ1) is 8.06. The van der Waals surface area contributed by atoms with E-state index in [4.69, 9.17) is 17.3 Å². The molecule has 0 aliphatic heterocycles. The van der Waals surface area contributed by atoms with Gasteiger partial charge in [0.25, 0.3) is 0 Å². The van der Waals surface area contributed by atoms with Crippen LogP contribution in [0.4, 0.5) is 0 Å². The quantitative estimate of drug-likeness (QED) is 0.919. The average molecular weight is 332 g/mol. The highest BCUT2D eigenvalue weighted by Crippen LogP contribution is 2.27. The van der Waals surface area contributed by atoms with Crippen LogP contribution >= 0.6 is 38.9 Å². The van der Waals surface area contributed by atoms with Crippen molar-refractivity contribution in [1.29, 1.82) is 0 Å². The van der Waals surface area contributed by atoms with Crippen LogP contribution in [-0.4, -0.2) is 4.98 Å². The van der Waals surface area contributed by atoms with Crippen LogP contribution in [0.3, 0.4) is 0 Å². The lowest BCUT2D eigenvalue weighted by molar-refractivity contribution is 0.716. The summed E-state index contributed by atoms with van der Waals surface area (Å²) in [7, 11) is 0. The maximum absolute atomic E-state index is 6.15. The number of benzene rings is 1. The summed E-state index contributed by atoms with van der Waals surface area (Å²) in [4.78, 5) is 4.41. The minimum atomic E-state index is -0.0638.